The van der Waals surface area contributed by atoms with Gasteiger partial charge >= 0.3 is 5.97 Å². The van der Waals surface area contributed by atoms with E-state index in [1.165, 1.54) is 57.8 Å². The molecule has 0 aliphatic heterocycles. The summed E-state index contributed by atoms with van der Waals surface area (Å²) in [7, 11) is 0. The van der Waals surface area contributed by atoms with Gasteiger partial charge in [0.25, 0.3) is 0 Å². The molecule has 2 fully saturated rings. The summed E-state index contributed by atoms with van der Waals surface area (Å²) < 4.78 is 5.49. The molecule has 0 radical (unpaired) electrons. The molecule has 0 N–H and O–H groups in total. The molecule has 0 atom stereocenters. The summed E-state index contributed by atoms with van der Waals surface area (Å²) >= 11 is 0. The number of hydrogen-bond donors (Lipinski definition) is 0. The standard InChI is InChI=1S/C20H34O2/c1-3-5-20(21)22-19-14-12-18(13-15-19)11-10-17-8-6-16(4-2)7-9-17/h3,16-19H,1,4-15H2,2H3. The second-order valence-corrected chi connectivity index (χ2v) is 7.50. The van der Waals surface area contributed by atoms with Crippen LogP contribution in [0.25, 0.3) is 0 Å². The van der Waals surface area contributed by atoms with E-state index >= 15 is 0 Å². The first-order chi connectivity index (χ1) is 10.7. The lowest BCUT2D eigenvalue weighted by Crippen LogP contribution is -2.24. The molecule has 0 aromatic carbocycles. The average Bonchev–Trinajstić information content (AvgIpc) is 2.55. The van der Waals surface area contributed by atoms with Crippen LogP contribution in [0.15, 0.2) is 12.7 Å². The molecule has 2 rings (SSSR count). The van der Waals surface area contributed by atoms with Crippen LogP contribution < -0.4 is 0 Å². The third-order valence-corrected chi connectivity index (χ3v) is 5.93. The summed E-state index contributed by atoms with van der Waals surface area (Å²) in [6.45, 7) is 5.92. The van der Waals surface area contributed by atoms with Crippen LogP contribution in [0.2, 0.25) is 0 Å². The number of carbonyl (C=O) groups is 1. The van der Waals surface area contributed by atoms with Crippen LogP contribution in [-0.4, -0.2) is 12.1 Å². The first-order valence-corrected chi connectivity index (χ1v) is 9.51. The summed E-state index contributed by atoms with van der Waals surface area (Å²) in [6.07, 6.45) is 16.8. The Morgan fingerprint density at radius 2 is 1.45 bits per heavy atom. The van der Waals surface area contributed by atoms with Crippen molar-refractivity contribution in [3.8, 4) is 0 Å². The van der Waals surface area contributed by atoms with Crippen molar-refractivity contribution in [1.82, 2.24) is 0 Å². The molecule has 0 unspecified atom stereocenters. The van der Waals surface area contributed by atoms with Gasteiger partial charge in [-0.3, -0.25) is 4.79 Å². The van der Waals surface area contributed by atoms with Crippen LogP contribution in [0, 0.1) is 17.8 Å². The van der Waals surface area contributed by atoms with Crippen molar-refractivity contribution in [2.24, 2.45) is 17.8 Å². The lowest BCUT2D eigenvalue weighted by Gasteiger charge is -2.31. The highest BCUT2D eigenvalue weighted by atomic mass is 16.5. The minimum atomic E-state index is -0.105. The second kappa shape index (κ2) is 9.37. The predicted octanol–water partition coefficient (Wildman–Crippen LogP) is 5.66. The zero-order valence-electron chi connectivity index (χ0n) is 14.4. The maximum absolute atomic E-state index is 11.5. The van der Waals surface area contributed by atoms with E-state index in [2.05, 4.69) is 13.5 Å². The van der Waals surface area contributed by atoms with E-state index in [1.54, 1.807) is 6.08 Å². The quantitative estimate of drug-likeness (QED) is 0.448. The van der Waals surface area contributed by atoms with E-state index in [0.29, 0.717) is 6.42 Å². The van der Waals surface area contributed by atoms with Crippen molar-refractivity contribution < 1.29 is 9.53 Å². The van der Waals surface area contributed by atoms with E-state index in [0.717, 1.165) is 30.6 Å². The van der Waals surface area contributed by atoms with Gasteiger partial charge in [0.05, 0.1) is 6.42 Å². The molecule has 2 aliphatic carbocycles. The summed E-state index contributed by atoms with van der Waals surface area (Å²) in [5.74, 6) is 2.77. The fraction of sp³-hybridized carbons (Fsp3) is 0.850. The highest BCUT2D eigenvalue weighted by Gasteiger charge is 2.25. The van der Waals surface area contributed by atoms with Gasteiger partial charge < -0.3 is 4.74 Å². The number of ether oxygens (including phenoxy) is 1. The van der Waals surface area contributed by atoms with Gasteiger partial charge in [-0.1, -0.05) is 57.9 Å². The Hall–Kier alpha value is -0.790. The lowest BCUT2D eigenvalue weighted by molar-refractivity contribution is -0.149. The number of rotatable bonds is 7. The van der Waals surface area contributed by atoms with Crippen molar-refractivity contribution in [3.63, 3.8) is 0 Å². The van der Waals surface area contributed by atoms with E-state index < -0.39 is 0 Å². The number of hydrogen-bond acceptors (Lipinski definition) is 2. The molecule has 0 spiro atoms. The van der Waals surface area contributed by atoms with E-state index in [1.807, 2.05) is 0 Å². The van der Waals surface area contributed by atoms with E-state index in [4.69, 9.17) is 4.74 Å². The van der Waals surface area contributed by atoms with Crippen molar-refractivity contribution in [2.75, 3.05) is 0 Å². The largest absolute Gasteiger partial charge is 0.462 e. The molecule has 126 valence electrons. The molecule has 0 heterocycles. The molecule has 0 saturated heterocycles. The molecule has 0 aromatic heterocycles. The van der Waals surface area contributed by atoms with Gasteiger partial charge in [-0.05, 0) is 43.4 Å². The highest BCUT2D eigenvalue weighted by Crippen LogP contribution is 2.36. The van der Waals surface area contributed by atoms with Gasteiger partial charge in [-0.2, -0.15) is 0 Å². The maximum atomic E-state index is 11.5. The van der Waals surface area contributed by atoms with Crippen molar-refractivity contribution in [2.45, 2.75) is 90.1 Å². The SMILES string of the molecule is C=CCC(=O)OC1CCC(CCC2CCC(CC)CC2)CC1. The average molecular weight is 306 g/mol. The Labute approximate surface area is 136 Å². The molecule has 2 heteroatoms. The van der Waals surface area contributed by atoms with Crippen LogP contribution >= 0.6 is 0 Å². The minimum absolute atomic E-state index is 0.105. The lowest BCUT2D eigenvalue weighted by atomic mass is 9.76. The summed E-state index contributed by atoms with van der Waals surface area (Å²) in [4.78, 5) is 11.5. The van der Waals surface area contributed by atoms with Crippen LogP contribution in [-0.2, 0) is 9.53 Å². The predicted molar refractivity (Wildman–Crippen MR) is 91.6 cm³/mol. The molecule has 2 saturated carbocycles. The highest BCUT2D eigenvalue weighted by molar-refractivity contribution is 5.71. The Bertz CT molecular complexity index is 334. The van der Waals surface area contributed by atoms with E-state index in [9.17, 15) is 4.79 Å². The third kappa shape index (κ3) is 5.78. The van der Waals surface area contributed by atoms with Crippen molar-refractivity contribution in [3.05, 3.63) is 12.7 Å². The summed E-state index contributed by atoms with van der Waals surface area (Å²) in [5, 5.41) is 0. The molecular weight excluding hydrogens is 272 g/mol. The Morgan fingerprint density at radius 1 is 0.955 bits per heavy atom. The van der Waals surface area contributed by atoms with Gasteiger partial charge in [0.2, 0.25) is 0 Å². The Kier molecular flexibility index (Phi) is 7.48. The third-order valence-electron chi connectivity index (χ3n) is 5.93. The molecule has 0 amide bonds. The minimum Gasteiger partial charge on any atom is -0.462 e. The Balaban J connectivity index is 1.58. The first kappa shape index (κ1) is 17.6. The number of carbonyl (C=O) groups excluding carboxylic acids is 1. The Morgan fingerprint density at radius 3 is 1.95 bits per heavy atom. The van der Waals surface area contributed by atoms with Gasteiger partial charge in [-0.25, -0.2) is 0 Å². The monoisotopic (exact) mass is 306 g/mol. The van der Waals surface area contributed by atoms with Crippen LogP contribution in [0.3, 0.4) is 0 Å². The molecular formula is C20H34O2. The van der Waals surface area contributed by atoms with Gasteiger partial charge in [-0.15, -0.1) is 6.58 Å². The normalized spacial score (nSPS) is 32.4. The van der Waals surface area contributed by atoms with Crippen LogP contribution in [0.5, 0.6) is 0 Å². The van der Waals surface area contributed by atoms with Crippen LogP contribution in [0.1, 0.15) is 84.0 Å². The summed E-state index contributed by atoms with van der Waals surface area (Å²) in [6, 6.07) is 0. The molecule has 0 bridgehead atoms. The second-order valence-electron chi connectivity index (χ2n) is 7.50. The molecule has 2 nitrogen and oxygen atoms in total. The van der Waals surface area contributed by atoms with Gasteiger partial charge in [0.15, 0.2) is 0 Å². The maximum Gasteiger partial charge on any atom is 0.309 e. The fourth-order valence-corrected chi connectivity index (χ4v) is 4.29. The first-order valence-electron chi connectivity index (χ1n) is 9.51. The molecule has 2 aliphatic rings. The van der Waals surface area contributed by atoms with Crippen molar-refractivity contribution in [1.29, 1.82) is 0 Å². The zero-order chi connectivity index (χ0) is 15.8. The van der Waals surface area contributed by atoms with Gasteiger partial charge in [0.1, 0.15) is 6.10 Å². The van der Waals surface area contributed by atoms with Crippen LogP contribution in [0.4, 0.5) is 0 Å². The summed E-state index contributed by atoms with van der Waals surface area (Å²) in [5.41, 5.74) is 0. The van der Waals surface area contributed by atoms with E-state index in [-0.39, 0.29) is 12.1 Å². The molecule has 0 aromatic rings. The van der Waals surface area contributed by atoms with Gasteiger partial charge in [0, 0.05) is 0 Å². The fourth-order valence-electron chi connectivity index (χ4n) is 4.29. The zero-order valence-corrected chi connectivity index (χ0v) is 14.4. The molecule has 22 heavy (non-hydrogen) atoms. The smallest absolute Gasteiger partial charge is 0.309 e. The topological polar surface area (TPSA) is 26.3 Å². The number of esters is 1. The van der Waals surface area contributed by atoms with Crippen molar-refractivity contribution >= 4 is 5.97 Å².